The molecule has 98 valence electrons. The summed E-state index contributed by atoms with van der Waals surface area (Å²) in [5, 5.41) is 6.60. The van der Waals surface area contributed by atoms with Gasteiger partial charge in [-0.3, -0.25) is 4.68 Å². The Morgan fingerprint density at radius 1 is 1.50 bits per heavy atom. The van der Waals surface area contributed by atoms with Crippen molar-refractivity contribution in [2.24, 2.45) is 7.05 Å². The Morgan fingerprint density at radius 2 is 2.28 bits per heavy atom. The first-order valence-corrected chi connectivity index (χ1v) is 7.06. The average Bonchev–Trinajstić information content (AvgIpc) is 2.89. The molecule has 0 saturated heterocycles. The maximum Gasteiger partial charge on any atom is 0.150 e. The van der Waals surface area contributed by atoms with Gasteiger partial charge in [0.15, 0.2) is 0 Å². The molecule has 2 heterocycles. The molecular weight excluding hydrogens is 244 g/mol. The van der Waals surface area contributed by atoms with Crippen molar-refractivity contribution in [2.45, 2.75) is 26.3 Å². The van der Waals surface area contributed by atoms with Crippen molar-refractivity contribution in [1.82, 2.24) is 9.78 Å². The predicted octanol–water partition coefficient (Wildman–Crippen LogP) is 2.65. The molecule has 0 spiro atoms. The largest absolute Gasteiger partial charge is 0.394 e. The fraction of sp³-hybridized carbons (Fsp3) is 0.462. The highest BCUT2D eigenvalue weighted by atomic mass is 32.1. The number of hydrogen-bond donors (Lipinski definition) is 1. The second-order valence-electron chi connectivity index (χ2n) is 4.49. The smallest absolute Gasteiger partial charge is 0.150 e. The topological polar surface area (TPSA) is 47.1 Å². The summed E-state index contributed by atoms with van der Waals surface area (Å²) >= 11 is 1.76. The van der Waals surface area contributed by atoms with Crippen LogP contribution in [0.25, 0.3) is 0 Å². The Hall–Kier alpha value is -1.49. The Balaban J connectivity index is 2.21. The molecule has 2 N–H and O–H groups in total. The molecule has 0 amide bonds. The molecule has 0 atom stereocenters. The summed E-state index contributed by atoms with van der Waals surface area (Å²) in [7, 11) is 4.01. The molecule has 0 radical (unpaired) electrons. The van der Waals surface area contributed by atoms with E-state index in [0.29, 0.717) is 0 Å². The summed E-state index contributed by atoms with van der Waals surface area (Å²) in [6.07, 6.45) is 2.00. The highest BCUT2D eigenvalue weighted by Gasteiger charge is 2.16. The van der Waals surface area contributed by atoms with E-state index in [1.165, 1.54) is 4.88 Å². The van der Waals surface area contributed by atoms with Crippen molar-refractivity contribution in [2.75, 3.05) is 17.7 Å². The Labute approximate surface area is 112 Å². The standard InChI is InChI=1S/C13H20N4S/c1-4-6-11-12(14)13(17(3)15-11)16(2)9-10-7-5-8-18-10/h5,7-8H,4,6,9,14H2,1-3H3. The molecule has 18 heavy (non-hydrogen) atoms. The Kier molecular flexibility index (Phi) is 3.91. The van der Waals surface area contributed by atoms with Gasteiger partial charge < -0.3 is 10.6 Å². The second kappa shape index (κ2) is 5.44. The molecule has 0 aromatic carbocycles. The van der Waals surface area contributed by atoms with Crippen LogP contribution in [0, 0.1) is 0 Å². The van der Waals surface area contributed by atoms with Gasteiger partial charge in [0.2, 0.25) is 0 Å². The van der Waals surface area contributed by atoms with Crippen LogP contribution in [-0.4, -0.2) is 16.8 Å². The highest BCUT2D eigenvalue weighted by molar-refractivity contribution is 7.09. The zero-order valence-corrected chi connectivity index (χ0v) is 12.0. The molecule has 2 aromatic rings. The summed E-state index contributed by atoms with van der Waals surface area (Å²) in [6, 6.07) is 4.21. The molecule has 0 aliphatic rings. The molecule has 0 bridgehead atoms. The molecule has 2 aromatic heterocycles. The fourth-order valence-electron chi connectivity index (χ4n) is 2.17. The van der Waals surface area contributed by atoms with E-state index in [2.05, 4.69) is 41.5 Å². The zero-order valence-electron chi connectivity index (χ0n) is 11.2. The van der Waals surface area contributed by atoms with Crippen molar-refractivity contribution in [3.05, 3.63) is 28.1 Å². The number of aryl methyl sites for hydroxylation is 2. The molecule has 0 unspecified atom stereocenters. The minimum absolute atomic E-state index is 0.818. The number of aromatic nitrogens is 2. The summed E-state index contributed by atoms with van der Waals surface area (Å²) in [6.45, 7) is 3.01. The van der Waals surface area contributed by atoms with Crippen LogP contribution in [0.15, 0.2) is 17.5 Å². The van der Waals surface area contributed by atoms with Gasteiger partial charge >= 0.3 is 0 Å². The van der Waals surface area contributed by atoms with E-state index in [4.69, 9.17) is 5.73 Å². The molecule has 0 aliphatic heterocycles. The predicted molar refractivity (Wildman–Crippen MR) is 78.0 cm³/mol. The first-order chi connectivity index (χ1) is 8.63. The maximum absolute atomic E-state index is 6.20. The van der Waals surface area contributed by atoms with Gasteiger partial charge in [-0.05, 0) is 17.9 Å². The van der Waals surface area contributed by atoms with Gasteiger partial charge in [-0.25, -0.2) is 0 Å². The third-order valence-electron chi connectivity index (χ3n) is 2.95. The van der Waals surface area contributed by atoms with Crippen LogP contribution < -0.4 is 10.6 Å². The quantitative estimate of drug-likeness (QED) is 0.903. The normalized spacial score (nSPS) is 10.8. The third-order valence-corrected chi connectivity index (χ3v) is 3.81. The van der Waals surface area contributed by atoms with Gasteiger partial charge in [-0.15, -0.1) is 11.3 Å². The average molecular weight is 264 g/mol. The van der Waals surface area contributed by atoms with Gasteiger partial charge in [-0.2, -0.15) is 5.10 Å². The minimum Gasteiger partial charge on any atom is -0.394 e. The van der Waals surface area contributed by atoms with Crippen LogP contribution in [-0.2, 0) is 20.0 Å². The minimum atomic E-state index is 0.818. The van der Waals surface area contributed by atoms with Crippen LogP contribution in [0.1, 0.15) is 23.9 Å². The van der Waals surface area contributed by atoms with Crippen LogP contribution >= 0.6 is 11.3 Å². The summed E-state index contributed by atoms with van der Waals surface area (Å²) in [5.74, 6) is 1.01. The van der Waals surface area contributed by atoms with E-state index >= 15 is 0 Å². The Morgan fingerprint density at radius 3 is 2.89 bits per heavy atom. The molecule has 4 nitrogen and oxygen atoms in total. The van der Waals surface area contributed by atoms with E-state index < -0.39 is 0 Å². The van der Waals surface area contributed by atoms with Gasteiger partial charge in [-0.1, -0.05) is 19.4 Å². The molecule has 0 fully saturated rings. The summed E-state index contributed by atoms with van der Waals surface area (Å²) in [5.41, 5.74) is 8.02. The van der Waals surface area contributed by atoms with Crippen molar-refractivity contribution >= 4 is 22.8 Å². The van der Waals surface area contributed by atoms with Crippen LogP contribution in [0.5, 0.6) is 0 Å². The van der Waals surface area contributed by atoms with E-state index in [-0.39, 0.29) is 0 Å². The highest BCUT2D eigenvalue weighted by Crippen LogP contribution is 2.27. The summed E-state index contributed by atoms with van der Waals surface area (Å²) < 4.78 is 1.88. The van der Waals surface area contributed by atoms with E-state index in [1.807, 2.05) is 11.7 Å². The van der Waals surface area contributed by atoms with E-state index in [1.54, 1.807) is 11.3 Å². The van der Waals surface area contributed by atoms with Crippen molar-refractivity contribution in [1.29, 1.82) is 0 Å². The fourth-order valence-corrected chi connectivity index (χ4v) is 2.93. The lowest BCUT2D eigenvalue weighted by atomic mass is 10.2. The second-order valence-corrected chi connectivity index (χ2v) is 5.53. The first kappa shape index (κ1) is 13.0. The molecule has 0 aliphatic carbocycles. The zero-order chi connectivity index (χ0) is 13.1. The number of nitrogens with zero attached hydrogens (tertiary/aromatic N) is 3. The third kappa shape index (κ3) is 2.51. The number of nitrogen functional groups attached to an aromatic ring is 1. The molecule has 5 heteroatoms. The Bertz CT molecular complexity index is 501. The van der Waals surface area contributed by atoms with Gasteiger partial charge in [0.25, 0.3) is 0 Å². The van der Waals surface area contributed by atoms with E-state index in [0.717, 1.165) is 36.6 Å². The van der Waals surface area contributed by atoms with Crippen LogP contribution in [0.3, 0.4) is 0 Å². The number of nitrogens with two attached hydrogens (primary N) is 1. The van der Waals surface area contributed by atoms with Crippen molar-refractivity contribution < 1.29 is 0 Å². The van der Waals surface area contributed by atoms with Crippen LogP contribution in [0.2, 0.25) is 0 Å². The number of hydrogen-bond acceptors (Lipinski definition) is 4. The number of thiophene rings is 1. The monoisotopic (exact) mass is 264 g/mol. The molecule has 0 saturated carbocycles. The maximum atomic E-state index is 6.20. The lowest BCUT2D eigenvalue weighted by molar-refractivity contribution is 0.714. The molecular formula is C13H20N4S. The number of anilines is 2. The van der Waals surface area contributed by atoms with E-state index in [9.17, 15) is 0 Å². The van der Waals surface area contributed by atoms with Gasteiger partial charge in [0.1, 0.15) is 5.82 Å². The van der Waals surface area contributed by atoms with Gasteiger partial charge in [0, 0.05) is 19.0 Å². The van der Waals surface area contributed by atoms with Crippen LogP contribution in [0.4, 0.5) is 11.5 Å². The van der Waals surface area contributed by atoms with Gasteiger partial charge in [0.05, 0.1) is 17.9 Å². The first-order valence-electron chi connectivity index (χ1n) is 6.18. The van der Waals surface area contributed by atoms with Crippen molar-refractivity contribution in [3.63, 3.8) is 0 Å². The SMILES string of the molecule is CCCc1nn(C)c(N(C)Cc2cccs2)c1N. The summed E-state index contributed by atoms with van der Waals surface area (Å²) in [4.78, 5) is 3.49. The number of rotatable bonds is 5. The van der Waals surface area contributed by atoms with Crippen molar-refractivity contribution in [3.8, 4) is 0 Å². The lowest BCUT2D eigenvalue weighted by Crippen LogP contribution is -2.19. The molecule has 2 rings (SSSR count). The lowest BCUT2D eigenvalue weighted by Gasteiger charge is -2.19.